The van der Waals surface area contributed by atoms with E-state index in [1.165, 1.54) is 0 Å². The molecule has 0 bridgehead atoms. The first-order chi connectivity index (χ1) is 13.0. The first-order valence-corrected chi connectivity index (χ1v) is 8.64. The van der Waals surface area contributed by atoms with E-state index in [4.69, 9.17) is 0 Å². The Morgan fingerprint density at radius 2 is 1.52 bits per heavy atom. The lowest BCUT2D eigenvalue weighted by atomic mass is 10.0. The SMILES string of the molecule is CCCN1C(=O)C(=O)N(CC(=O)Nc2ccccc2-c2ccccc2)C1=O. The third-order valence-electron chi connectivity index (χ3n) is 4.17. The van der Waals surface area contributed by atoms with Crippen molar-refractivity contribution >= 4 is 29.4 Å². The number of carbonyl (C=O) groups is 4. The van der Waals surface area contributed by atoms with E-state index in [2.05, 4.69) is 5.32 Å². The lowest BCUT2D eigenvalue weighted by Crippen LogP contribution is -2.39. The smallest absolute Gasteiger partial charge is 0.324 e. The van der Waals surface area contributed by atoms with Gasteiger partial charge in [-0.1, -0.05) is 55.5 Å². The fourth-order valence-electron chi connectivity index (χ4n) is 2.91. The molecule has 138 valence electrons. The van der Waals surface area contributed by atoms with Gasteiger partial charge in [-0.05, 0) is 18.1 Å². The van der Waals surface area contributed by atoms with E-state index < -0.39 is 30.3 Å². The van der Waals surface area contributed by atoms with Gasteiger partial charge in [-0.3, -0.25) is 19.3 Å². The van der Waals surface area contributed by atoms with Gasteiger partial charge < -0.3 is 5.32 Å². The highest BCUT2D eigenvalue weighted by atomic mass is 16.2. The monoisotopic (exact) mass is 365 g/mol. The van der Waals surface area contributed by atoms with Gasteiger partial charge in [0.2, 0.25) is 5.91 Å². The number of carbonyl (C=O) groups excluding carboxylic acids is 4. The van der Waals surface area contributed by atoms with Crippen molar-refractivity contribution < 1.29 is 19.2 Å². The minimum atomic E-state index is -0.972. The van der Waals surface area contributed by atoms with Crippen LogP contribution in [0, 0.1) is 0 Å². The van der Waals surface area contributed by atoms with Crippen molar-refractivity contribution in [1.29, 1.82) is 0 Å². The summed E-state index contributed by atoms with van der Waals surface area (Å²) in [4.78, 5) is 50.1. The molecule has 0 atom stereocenters. The van der Waals surface area contributed by atoms with Crippen molar-refractivity contribution in [3.05, 3.63) is 54.6 Å². The Labute approximate surface area is 156 Å². The van der Waals surface area contributed by atoms with E-state index in [0.717, 1.165) is 16.0 Å². The first kappa shape index (κ1) is 18.3. The molecule has 2 aromatic carbocycles. The summed E-state index contributed by atoms with van der Waals surface area (Å²) in [5, 5.41) is 2.72. The maximum Gasteiger partial charge on any atom is 0.334 e. The van der Waals surface area contributed by atoms with Gasteiger partial charge in [-0.2, -0.15) is 0 Å². The molecule has 1 aliphatic rings. The quantitative estimate of drug-likeness (QED) is 0.629. The summed E-state index contributed by atoms with van der Waals surface area (Å²) in [5.74, 6) is -2.41. The predicted octanol–water partition coefficient (Wildman–Crippen LogP) is 2.49. The van der Waals surface area contributed by atoms with Gasteiger partial charge in [0.1, 0.15) is 6.54 Å². The molecule has 0 unspecified atom stereocenters. The second kappa shape index (κ2) is 7.82. The summed E-state index contributed by atoms with van der Waals surface area (Å²) >= 11 is 0. The van der Waals surface area contributed by atoms with Crippen molar-refractivity contribution in [3.63, 3.8) is 0 Å². The number of nitrogens with one attached hydrogen (secondary N) is 1. The minimum absolute atomic E-state index is 0.151. The zero-order valence-corrected chi connectivity index (χ0v) is 14.8. The second-order valence-electron chi connectivity index (χ2n) is 6.09. The Hall–Kier alpha value is -3.48. The van der Waals surface area contributed by atoms with Gasteiger partial charge in [-0.25, -0.2) is 9.69 Å². The van der Waals surface area contributed by atoms with E-state index >= 15 is 0 Å². The molecule has 3 rings (SSSR count). The van der Waals surface area contributed by atoms with Gasteiger partial charge in [0.05, 0.1) is 0 Å². The molecule has 0 aliphatic carbocycles. The standard InChI is InChI=1S/C20H19N3O4/c1-2-12-22-18(25)19(26)23(20(22)27)13-17(24)21-16-11-7-6-10-15(16)14-8-4-3-5-9-14/h3-11H,2,12-13H2,1H3,(H,21,24). The molecule has 1 fully saturated rings. The van der Waals surface area contributed by atoms with E-state index in [-0.39, 0.29) is 6.54 Å². The summed E-state index contributed by atoms with van der Waals surface area (Å²) < 4.78 is 0. The topological polar surface area (TPSA) is 86.8 Å². The van der Waals surface area contributed by atoms with Crippen LogP contribution in [-0.4, -0.2) is 46.6 Å². The van der Waals surface area contributed by atoms with Crippen molar-refractivity contribution in [3.8, 4) is 11.1 Å². The number of hydrogen-bond donors (Lipinski definition) is 1. The highest BCUT2D eigenvalue weighted by molar-refractivity contribution is 6.45. The third kappa shape index (κ3) is 3.72. The van der Waals surface area contributed by atoms with Crippen LogP contribution in [0.5, 0.6) is 0 Å². The summed E-state index contributed by atoms with van der Waals surface area (Å²) in [6.07, 6.45) is 0.537. The fourth-order valence-corrected chi connectivity index (χ4v) is 2.91. The van der Waals surface area contributed by atoms with Gasteiger partial charge in [0.25, 0.3) is 0 Å². The molecule has 1 heterocycles. The van der Waals surface area contributed by atoms with Gasteiger partial charge >= 0.3 is 17.8 Å². The number of para-hydroxylation sites is 1. The van der Waals surface area contributed by atoms with Crippen LogP contribution < -0.4 is 5.32 Å². The van der Waals surface area contributed by atoms with Crippen molar-refractivity contribution in [2.24, 2.45) is 0 Å². The number of rotatable bonds is 6. The highest BCUT2D eigenvalue weighted by Crippen LogP contribution is 2.27. The van der Waals surface area contributed by atoms with Crippen molar-refractivity contribution in [2.75, 3.05) is 18.4 Å². The molecule has 1 aliphatic heterocycles. The molecule has 1 saturated heterocycles. The molecule has 1 N–H and O–H groups in total. The molecule has 7 heteroatoms. The normalized spacial score (nSPS) is 14.0. The summed E-state index contributed by atoms with van der Waals surface area (Å²) in [5.41, 5.74) is 2.30. The summed E-state index contributed by atoms with van der Waals surface area (Å²) in [6.45, 7) is 1.44. The van der Waals surface area contributed by atoms with Gasteiger partial charge in [0.15, 0.2) is 0 Å². The molecule has 0 saturated carbocycles. The fraction of sp³-hybridized carbons (Fsp3) is 0.200. The Morgan fingerprint density at radius 3 is 2.22 bits per heavy atom. The summed E-state index contributed by atoms with van der Waals surface area (Å²) in [6, 6.07) is 16.0. The van der Waals surface area contributed by atoms with Crippen LogP contribution in [0.25, 0.3) is 11.1 Å². The maximum absolute atomic E-state index is 12.4. The lowest BCUT2D eigenvalue weighted by molar-refractivity contribution is -0.143. The van der Waals surface area contributed by atoms with E-state index in [1.54, 1.807) is 19.1 Å². The second-order valence-corrected chi connectivity index (χ2v) is 6.09. The number of anilines is 1. The average molecular weight is 365 g/mol. The summed E-state index contributed by atoms with van der Waals surface area (Å²) in [7, 11) is 0. The van der Waals surface area contributed by atoms with Gasteiger partial charge in [-0.15, -0.1) is 0 Å². The van der Waals surface area contributed by atoms with Gasteiger partial charge in [0, 0.05) is 17.8 Å². The van der Waals surface area contributed by atoms with Crippen LogP contribution in [0.2, 0.25) is 0 Å². The number of hydrogen-bond acceptors (Lipinski definition) is 4. The molecular weight excluding hydrogens is 346 g/mol. The Kier molecular flexibility index (Phi) is 5.30. The number of urea groups is 1. The Balaban J connectivity index is 1.75. The van der Waals surface area contributed by atoms with Crippen LogP contribution in [0.4, 0.5) is 10.5 Å². The molecular formula is C20H19N3O4. The van der Waals surface area contributed by atoms with Crippen LogP contribution >= 0.6 is 0 Å². The molecule has 5 amide bonds. The molecule has 7 nitrogen and oxygen atoms in total. The minimum Gasteiger partial charge on any atom is -0.324 e. The Morgan fingerprint density at radius 1 is 0.889 bits per heavy atom. The van der Waals surface area contributed by atoms with E-state index in [9.17, 15) is 19.2 Å². The van der Waals surface area contributed by atoms with E-state index in [0.29, 0.717) is 17.0 Å². The molecule has 0 radical (unpaired) electrons. The van der Waals surface area contributed by atoms with Crippen molar-refractivity contribution in [1.82, 2.24) is 9.80 Å². The van der Waals surface area contributed by atoms with Crippen molar-refractivity contribution in [2.45, 2.75) is 13.3 Å². The lowest BCUT2D eigenvalue weighted by Gasteiger charge is -2.16. The number of nitrogens with zero attached hydrogens (tertiary/aromatic N) is 2. The number of benzene rings is 2. The zero-order valence-electron chi connectivity index (χ0n) is 14.8. The van der Waals surface area contributed by atoms with Crippen LogP contribution in [-0.2, 0) is 14.4 Å². The third-order valence-corrected chi connectivity index (χ3v) is 4.17. The Bertz CT molecular complexity index is 895. The van der Waals surface area contributed by atoms with Crippen LogP contribution in [0.15, 0.2) is 54.6 Å². The largest absolute Gasteiger partial charge is 0.334 e. The zero-order chi connectivity index (χ0) is 19.4. The molecule has 2 aromatic rings. The van der Waals surface area contributed by atoms with Crippen LogP contribution in [0.3, 0.4) is 0 Å². The average Bonchev–Trinajstić information content (AvgIpc) is 2.87. The first-order valence-electron chi connectivity index (χ1n) is 8.64. The predicted molar refractivity (Wildman–Crippen MR) is 99.6 cm³/mol. The number of imide groups is 2. The molecule has 0 aromatic heterocycles. The van der Waals surface area contributed by atoms with Crippen LogP contribution in [0.1, 0.15) is 13.3 Å². The van der Waals surface area contributed by atoms with E-state index in [1.807, 2.05) is 42.5 Å². The molecule has 27 heavy (non-hydrogen) atoms. The number of amides is 5. The highest BCUT2D eigenvalue weighted by Gasteiger charge is 2.44. The molecule has 0 spiro atoms. The maximum atomic E-state index is 12.4.